The summed E-state index contributed by atoms with van der Waals surface area (Å²) in [5, 5.41) is 19.9. The van der Waals surface area contributed by atoms with E-state index in [9.17, 15) is 14.9 Å². The van der Waals surface area contributed by atoms with E-state index in [1.165, 1.54) is 19.3 Å². The predicted octanol–water partition coefficient (Wildman–Crippen LogP) is 3.90. The molecule has 4 N–H and O–H groups in total. The maximum absolute atomic E-state index is 15.8. The second kappa shape index (κ2) is 11.5. The minimum absolute atomic E-state index is 0.0542. The number of aromatic nitrogens is 2. The van der Waals surface area contributed by atoms with Crippen LogP contribution in [-0.2, 0) is 11.3 Å². The van der Waals surface area contributed by atoms with Gasteiger partial charge in [-0.2, -0.15) is 10.4 Å². The normalized spacial score (nSPS) is 13.8. The van der Waals surface area contributed by atoms with Crippen LogP contribution in [0.2, 0.25) is 0 Å². The lowest BCUT2D eigenvalue weighted by molar-refractivity contribution is 0.0523. The molecule has 41 heavy (non-hydrogen) atoms. The number of rotatable bonds is 7. The van der Waals surface area contributed by atoms with Crippen LogP contribution >= 0.6 is 0 Å². The van der Waals surface area contributed by atoms with Crippen molar-refractivity contribution < 1.29 is 18.7 Å². The van der Waals surface area contributed by atoms with Gasteiger partial charge >= 0.3 is 6.09 Å². The molecule has 4 rings (SSSR count). The Morgan fingerprint density at radius 1 is 1.34 bits per heavy atom. The zero-order chi connectivity index (χ0) is 29.9. The number of nitrogens with zero attached hydrogens (tertiary/aromatic N) is 3. The van der Waals surface area contributed by atoms with E-state index in [0.29, 0.717) is 22.0 Å². The fraction of sp³-hybridized carbons (Fsp3) is 0.300. The molecule has 10 nitrogen and oxygen atoms in total. The summed E-state index contributed by atoms with van der Waals surface area (Å²) >= 11 is 0. The number of hydrogen-bond donors (Lipinski definition) is 3. The minimum Gasteiger partial charge on any atom is -0.489 e. The second-order valence-electron chi connectivity index (χ2n) is 10.3. The van der Waals surface area contributed by atoms with E-state index < -0.39 is 23.1 Å². The highest BCUT2D eigenvalue weighted by Crippen LogP contribution is 2.36. The van der Waals surface area contributed by atoms with Crippen molar-refractivity contribution in [2.45, 2.75) is 51.9 Å². The molecule has 1 saturated carbocycles. The van der Waals surface area contributed by atoms with Crippen molar-refractivity contribution in [1.82, 2.24) is 15.5 Å². The number of ether oxygens (including phenoxy) is 2. The standard InChI is InChI=1S/C30H29FN6O4/c1-6-16-12-24(40-18-8-9-18)22(14-33)25(26(16)31)27(34-5)21(13-32)17-7-10-19-20(11-17)23(36-37-28(19)38)15-35-29(39)41-30(2,3)4/h1,7,10-13,18H,8-9,15,32H2,2-5H3,(H,35,39)(H,37,38). The van der Waals surface area contributed by atoms with E-state index in [1.54, 1.807) is 39.0 Å². The van der Waals surface area contributed by atoms with Crippen LogP contribution in [0, 0.1) is 29.5 Å². The lowest BCUT2D eigenvalue weighted by Crippen LogP contribution is -2.32. The maximum Gasteiger partial charge on any atom is 0.407 e. The highest BCUT2D eigenvalue weighted by Gasteiger charge is 2.30. The Labute approximate surface area is 236 Å². The second-order valence-corrected chi connectivity index (χ2v) is 10.3. The molecule has 0 bridgehead atoms. The Morgan fingerprint density at radius 3 is 2.66 bits per heavy atom. The third kappa shape index (κ3) is 6.20. The third-order valence-corrected chi connectivity index (χ3v) is 6.17. The van der Waals surface area contributed by atoms with Gasteiger partial charge in [0.25, 0.3) is 5.56 Å². The van der Waals surface area contributed by atoms with Crippen molar-refractivity contribution in [1.29, 1.82) is 5.26 Å². The van der Waals surface area contributed by atoms with Gasteiger partial charge in [0.15, 0.2) is 0 Å². The molecule has 0 saturated heterocycles. The van der Waals surface area contributed by atoms with E-state index in [1.807, 2.05) is 6.07 Å². The van der Waals surface area contributed by atoms with Gasteiger partial charge in [-0.15, -0.1) is 6.42 Å². The molecule has 1 aliphatic rings. The predicted molar refractivity (Wildman–Crippen MR) is 153 cm³/mol. The van der Waals surface area contributed by atoms with Crippen molar-refractivity contribution in [2.24, 2.45) is 10.7 Å². The molecule has 0 radical (unpaired) electrons. The fourth-order valence-electron chi connectivity index (χ4n) is 4.20. The number of aromatic amines is 1. The summed E-state index contributed by atoms with van der Waals surface area (Å²) in [4.78, 5) is 29.1. The van der Waals surface area contributed by atoms with Crippen LogP contribution in [0.3, 0.4) is 0 Å². The summed E-state index contributed by atoms with van der Waals surface area (Å²) in [5.74, 6) is 1.67. The first-order chi connectivity index (χ1) is 19.5. The molecule has 1 aromatic heterocycles. The number of benzene rings is 2. The minimum atomic E-state index is -0.812. The number of nitrogens with two attached hydrogens (primary N) is 1. The largest absolute Gasteiger partial charge is 0.489 e. The molecule has 11 heteroatoms. The number of nitriles is 1. The zero-order valence-electron chi connectivity index (χ0n) is 23.1. The van der Waals surface area contributed by atoms with Crippen LogP contribution in [-0.4, -0.2) is 40.8 Å². The Kier molecular flexibility index (Phi) is 8.11. The molecule has 0 unspecified atom stereocenters. The van der Waals surface area contributed by atoms with Crippen LogP contribution in [0.5, 0.6) is 5.75 Å². The smallest absolute Gasteiger partial charge is 0.407 e. The van der Waals surface area contributed by atoms with Gasteiger partial charge in [-0.05, 0) is 51.3 Å². The summed E-state index contributed by atoms with van der Waals surface area (Å²) in [6.07, 6.45) is 7.72. The topological polar surface area (TPSA) is 155 Å². The van der Waals surface area contributed by atoms with Crippen molar-refractivity contribution in [3.8, 4) is 24.2 Å². The molecular weight excluding hydrogens is 527 g/mol. The average Bonchev–Trinajstić information content (AvgIpc) is 3.75. The van der Waals surface area contributed by atoms with Crippen molar-refractivity contribution >= 4 is 28.2 Å². The number of carbonyl (C=O) groups is 1. The molecule has 1 heterocycles. The number of fused-ring (bicyclic) bond motifs is 1. The lowest BCUT2D eigenvalue weighted by Gasteiger charge is -2.19. The number of hydrogen-bond acceptors (Lipinski definition) is 8. The quantitative estimate of drug-likeness (QED) is 0.294. The highest BCUT2D eigenvalue weighted by molar-refractivity contribution is 6.33. The number of nitrogens with one attached hydrogen (secondary N) is 2. The number of terminal acetylenes is 1. The van der Waals surface area contributed by atoms with Gasteiger partial charge in [-0.1, -0.05) is 12.0 Å². The molecule has 2 aromatic carbocycles. The first-order valence-corrected chi connectivity index (χ1v) is 12.8. The Morgan fingerprint density at radius 2 is 2.07 bits per heavy atom. The van der Waals surface area contributed by atoms with Crippen LogP contribution < -0.4 is 21.3 Å². The van der Waals surface area contributed by atoms with Crippen molar-refractivity contribution in [3.05, 3.63) is 74.6 Å². The number of allylic oxidation sites excluding steroid dienone is 1. The van der Waals surface area contributed by atoms with Gasteiger partial charge in [0.2, 0.25) is 0 Å². The first kappa shape index (κ1) is 28.8. The molecule has 0 atom stereocenters. The van der Waals surface area contributed by atoms with E-state index in [-0.39, 0.29) is 46.4 Å². The summed E-state index contributed by atoms with van der Waals surface area (Å²) in [7, 11) is 1.44. The summed E-state index contributed by atoms with van der Waals surface area (Å²) in [6, 6.07) is 8.17. The van der Waals surface area contributed by atoms with E-state index in [4.69, 9.17) is 21.6 Å². The van der Waals surface area contributed by atoms with Gasteiger partial charge < -0.3 is 20.5 Å². The zero-order valence-corrected chi connectivity index (χ0v) is 23.1. The summed E-state index contributed by atoms with van der Waals surface area (Å²) in [6.45, 7) is 5.16. The van der Waals surface area contributed by atoms with Gasteiger partial charge in [0.05, 0.1) is 40.6 Å². The van der Waals surface area contributed by atoms with Crippen LogP contribution in [0.25, 0.3) is 16.3 Å². The van der Waals surface area contributed by atoms with Gasteiger partial charge in [-0.25, -0.2) is 14.3 Å². The molecular formula is C30H29FN6O4. The molecule has 0 spiro atoms. The van der Waals surface area contributed by atoms with E-state index >= 15 is 4.39 Å². The molecule has 1 amide bonds. The fourth-order valence-corrected chi connectivity index (χ4v) is 4.20. The SMILES string of the molecule is C#Cc1cc(OC2CC2)c(C#N)c(C(=NC)C(=CN)c2ccc3c(=O)[nH]nc(CNC(=O)OC(C)(C)C)c3c2)c1F. The Balaban J connectivity index is 1.81. The van der Waals surface area contributed by atoms with E-state index in [0.717, 1.165) is 12.8 Å². The number of H-pyrrole nitrogens is 1. The number of amides is 1. The molecule has 0 aliphatic heterocycles. The van der Waals surface area contributed by atoms with E-state index in [2.05, 4.69) is 26.4 Å². The Bertz CT molecular complexity index is 1730. The van der Waals surface area contributed by atoms with Crippen molar-refractivity contribution in [2.75, 3.05) is 7.05 Å². The number of halogens is 1. The molecule has 3 aromatic rings. The Hall–Kier alpha value is -5.16. The molecule has 1 aliphatic carbocycles. The van der Waals surface area contributed by atoms with Crippen molar-refractivity contribution in [3.63, 3.8) is 0 Å². The highest BCUT2D eigenvalue weighted by atomic mass is 19.1. The number of carbonyl (C=O) groups excluding carboxylic acids is 1. The van der Waals surface area contributed by atoms with Crippen LogP contribution in [0.1, 0.15) is 61.6 Å². The van der Waals surface area contributed by atoms with Crippen LogP contribution in [0.15, 0.2) is 40.3 Å². The lowest BCUT2D eigenvalue weighted by atomic mass is 9.90. The summed E-state index contributed by atoms with van der Waals surface area (Å²) < 4.78 is 26.9. The third-order valence-electron chi connectivity index (χ3n) is 6.17. The number of aliphatic imine (C=N–C) groups is 1. The first-order valence-electron chi connectivity index (χ1n) is 12.8. The maximum atomic E-state index is 15.8. The average molecular weight is 557 g/mol. The molecule has 1 fully saturated rings. The van der Waals surface area contributed by atoms with Gasteiger partial charge in [0, 0.05) is 30.3 Å². The van der Waals surface area contributed by atoms with Gasteiger partial charge in [0.1, 0.15) is 28.8 Å². The molecule has 210 valence electrons. The van der Waals surface area contributed by atoms with Crippen LogP contribution in [0.4, 0.5) is 9.18 Å². The monoisotopic (exact) mass is 556 g/mol. The summed E-state index contributed by atoms with van der Waals surface area (Å²) in [5.41, 5.74) is 5.73. The van der Waals surface area contributed by atoms with Gasteiger partial charge in [-0.3, -0.25) is 9.79 Å². The number of alkyl carbamates (subject to hydrolysis) is 1.